The molecular weight excluding hydrogens is 240 g/mol. The first-order valence-electron chi connectivity index (χ1n) is 5.78. The van der Waals surface area contributed by atoms with Gasteiger partial charge in [0.1, 0.15) is 4.90 Å². The Morgan fingerprint density at radius 2 is 2.18 bits per heavy atom. The van der Waals surface area contributed by atoms with E-state index in [1.807, 2.05) is 0 Å². The number of sulfonamides is 1. The zero-order chi connectivity index (χ0) is 12.0. The third kappa shape index (κ3) is 1.63. The number of rotatable bonds is 2. The quantitative estimate of drug-likeness (QED) is 0.837. The molecule has 0 spiro atoms. The maximum absolute atomic E-state index is 12.4. The Hall–Kier alpha value is -1.14. The van der Waals surface area contributed by atoms with E-state index in [2.05, 4.69) is 4.98 Å². The molecule has 1 aliphatic heterocycles. The monoisotopic (exact) mass is 254 g/mol. The van der Waals surface area contributed by atoms with Crippen molar-refractivity contribution >= 4 is 10.0 Å². The molecule has 1 aliphatic carbocycles. The molecule has 1 aromatic heterocycles. The highest BCUT2D eigenvalue weighted by atomic mass is 32.2. The second-order valence-corrected chi connectivity index (χ2v) is 6.64. The van der Waals surface area contributed by atoms with Crippen LogP contribution < -0.4 is 5.43 Å². The van der Waals surface area contributed by atoms with Crippen LogP contribution in [0.25, 0.3) is 0 Å². The number of nitrogens with one attached hydrogen (secondary N) is 1. The molecule has 1 N–H and O–H groups in total. The van der Waals surface area contributed by atoms with Crippen molar-refractivity contribution in [1.82, 2.24) is 9.29 Å². The van der Waals surface area contributed by atoms with Crippen LogP contribution in [0.4, 0.5) is 0 Å². The molecule has 2 aliphatic rings. The molecule has 2 heterocycles. The van der Waals surface area contributed by atoms with E-state index < -0.39 is 15.5 Å². The van der Waals surface area contributed by atoms with Crippen LogP contribution in [0, 0.1) is 5.92 Å². The first-order chi connectivity index (χ1) is 8.09. The standard InChI is InChI=1S/C11H14N2O3S/c14-10-3-4-12-6-11(10)17(15,16)13-7-8-1-2-9(13)5-8/h3-4,6,8-9H,1-2,5,7H2,(H,12,14). The van der Waals surface area contributed by atoms with Gasteiger partial charge in [0.2, 0.25) is 15.5 Å². The number of piperidine rings is 1. The van der Waals surface area contributed by atoms with Gasteiger partial charge in [-0.05, 0) is 25.2 Å². The fourth-order valence-electron chi connectivity index (χ4n) is 2.90. The normalized spacial score (nSPS) is 28.7. The van der Waals surface area contributed by atoms with Crippen LogP contribution in [-0.4, -0.2) is 30.3 Å². The molecule has 3 rings (SSSR count). The maximum Gasteiger partial charge on any atom is 0.248 e. The molecule has 1 saturated carbocycles. The van der Waals surface area contributed by atoms with Gasteiger partial charge >= 0.3 is 0 Å². The lowest BCUT2D eigenvalue weighted by Gasteiger charge is -2.25. The van der Waals surface area contributed by atoms with Gasteiger partial charge in [-0.3, -0.25) is 4.79 Å². The van der Waals surface area contributed by atoms with Crippen molar-refractivity contribution in [3.8, 4) is 0 Å². The highest BCUT2D eigenvalue weighted by Gasteiger charge is 2.44. The van der Waals surface area contributed by atoms with Crippen molar-refractivity contribution in [2.24, 2.45) is 5.92 Å². The van der Waals surface area contributed by atoms with Gasteiger partial charge in [-0.1, -0.05) is 0 Å². The molecule has 2 unspecified atom stereocenters. The Morgan fingerprint density at radius 1 is 1.35 bits per heavy atom. The van der Waals surface area contributed by atoms with E-state index in [1.54, 1.807) is 0 Å². The average Bonchev–Trinajstić information content (AvgIpc) is 2.91. The number of hydrogen-bond donors (Lipinski definition) is 1. The molecule has 2 bridgehead atoms. The van der Waals surface area contributed by atoms with Crippen molar-refractivity contribution in [3.63, 3.8) is 0 Å². The minimum atomic E-state index is -3.61. The van der Waals surface area contributed by atoms with E-state index in [0.29, 0.717) is 12.5 Å². The first-order valence-corrected chi connectivity index (χ1v) is 7.22. The second-order valence-electron chi connectivity index (χ2n) is 4.78. The van der Waals surface area contributed by atoms with E-state index in [1.165, 1.54) is 22.8 Å². The second kappa shape index (κ2) is 3.68. The van der Waals surface area contributed by atoms with E-state index in [9.17, 15) is 13.2 Å². The van der Waals surface area contributed by atoms with Gasteiger partial charge in [-0.15, -0.1) is 0 Å². The summed E-state index contributed by atoms with van der Waals surface area (Å²) in [6, 6.07) is 1.35. The summed E-state index contributed by atoms with van der Waals surface area (Å²) in [5.41, 5.74) is -0.438. The minimum Gasteiger partial charge on any atom is -0.366 e. The number of fused-ring (bicyclic) bond motifs is 2. The lowest BCUT2D eigenvalue weighted by Crippen LogP contribution is -2.39. The lowest BCUT2D eigenvalue weighted by molar-refractivity contribution is 0.333. The predicted octanol–water partition coefficient (Wildman–Crippen LogP) is 0.548. The number of pyridine rings is 1. The summed E-state index contributed by atoms with van der Waals surface area (Å²) >= 11 is 0. The predicted molar refractivity (Wildman–Crippen MR) is 62.1 cm³/mol. The number of aromatic amines is 1. The smallest absolute Gasteiger partial charge is 0.248 e. The van der Waals surface area contributed by atoms with Crippen molar-refractivity contribution in [1.29, 1.82) is 0 Å². The van der Waals surface area contributed by atoms with E-state index in [4.69, 9.17) is 0 Å². The van der Waals surface area contributed by atoms with Gasteiger partial charge < -0.3 is 4.98 Å². The van der Waals surface area contributed by atoms with Gasteiger partial charge in [-0.2, -0.15) is 4.31 Å². The summed E-state index contributed by atoms with van der Waals surface area (Å²) < 4.78 is 26.2. The number of aromatic nitrogens is 1. The van der Waals surface area contributed by atoms with Gasteiger partial charge in [-0.25, -0.2) is 8.42 Å². The van der Waals surface area contributed by atoms with Crippen LogP contribution in [0.1, 0.15) is 19.3 Å². The van der Waals surface area contributed by atoms with Crippen molar-refractivity contribution < 1.29 is 8.42 Å². The molecule has 1 aromatic rings. The largest absolute Gasteiger partial charge is 0.366 e. The molecule has 17 heavy (non-hydrogen) atoms. The van der Waals surface area contributed by atoms with Crippen LogP contribution in [0.2, 0.25) is 0 Å². The zero-order valence-corrected chi connectivity index (χ0v) is 10.1. The van der Waals surface area contributed by atoms with Crippen LogP contribution in [-0.2, 0) is 10.0 Å². The average molecular weight is 254 g/mol. The summed E-state index contributed by atoms with van der Waals surface area (Å²) in [6.45, 7) is 0.571. The molecule has 2 fully saturated rings. The molecular formula is C11H14N2O3S. The third-order valence-corrected chi connectivity index (χ3v) is 5.67. The Morgan fingerprint density at radius 3 is 2.76 bits per heavy atom. The fraction of sp³-hybridized carbons (Fsp3) is 0.545. The van der Waals surface area contributed by atoms with Crippen LogP contribution in [0.15, 0.2) is 28.2 Å². The van der Waals surface area contributed by atoms with E-state index in [-0.39, 0.29) is 10.9 Å². The van der Waals surface area contributed by atoms with Crippen LogP contribution in [0.3, 0.4) is 0 Å². The van der Waals surface area contributed by atoms with Crippen molar-refractivity contribution in [2.45, 2.75) is 30.2 Å². The van der Waals surface area contributed by atoms with Crippen LogP contribution >= 0.6 is 0 Å². The SMILES string of the molecule is O=c1cc[nH]cc1S(=O)(=O)N1CC2CCC1C2. The van der Waals surface area contributed by atoms with Crippen molar-refractivity contribution in [3.05, 3.63) is 28.7 Å². The van der Waals surface area contributed by atoms with Crippen molar-refractivity contribution in [2.75, 3.05) is 6.54 Å². The minimum absolute atomic E-state index is 0.101. The molecule has 0 radical (unpaired) electrons. The number of H-pyrrole nitrogens is 1. The Labute approximate surface area is 99.5 Å². The molecule has 0 amide bonds. The maximum atomic E-state index is 12.4. The van der Waals surface area contributed by atoms with Gasteiger partial charge in [0.25, 0.3) is 0 Å². The third-order valence-electron chi connectivity index (χ3n) is 3.73. The zero-order valence-electron chi connectivity index (χ0n) is 9.30. The van der Waals surface area contributed by atoms with E-state index in [0.717, 1.165) is 19.3 Å². The lowest BCUT2D eigenvalue weighted by atomic mass is 10.1. The Kier molecular flexibility index (Phi) is 2.38. The van der Waals surface area contributed by atoms with Gasteiger partial charge in [0.15, 0.2) is 0 Å². The summed E-state index contributed by atoms with van der Waals surface area (Å²) in [5.74, 6) is 0.484. The highest BCUT2D eigenvalue weighted by Crippen LogP contribution is 2.39. The molecule has 2 atom stereocenters. The first kappa shape index (κ1) is 11.0. The Balaban J connectivity index is 2.03. The molecule has 1 saturated heterocycles. The molecule has 6 heteroatoms. The Bertz CT molecular complexity index is 593. The summed E-state index contributed by atoms with van der Waals surface area (Å²) in [4.78, 5) is 14.1. The summed E-state index contributed by atoms with van der Waals surface area (Å²) in [7, 11) is -3.61. The van der Waals surface area contributed by atoms with Gasteiger partial charge in [0.05, 0.1) is 0 Å². The molecule has 92 valence electrons. The van der Waals surface area contributed by atoms with E-state index >= 15 is 0 Å². The molecule has 5 nitrogen and oxygen atoms in total. The summed E-state index contributed by atoms with van der Waals surface area (Å²) in [6.07, 6.45) is 5.71. The highest BCUT2D eigenvalue weighted by molar-refractivity contribution is 7.89. The van der Waals surface area contributed by atoms with Gasteiger partial charge in [0, 0.05) is 31.0 Å². The summed E-state index contributed by atoms with van der Waals surface area (Å²) in [5, 5.41) is 0. The number of hydrogen-bond acceptors (Lipinski definition) is 3. The van der Waals surface area contributed by atoms with Crippen LogP contribution in [0.5, 0.6) is 0 Å². The fourth-order valence-corrected chi connectivity index (χ4v) is 4.69. The molecule has 0 aromatic carbocycles. The number of nitrogens with zero attached hydrogens (tertiary/aromatic N) is 1. The topological polar surface area (TPSA) is 70.2 Å².